The van der Waals surface area contributed by atoms with Crippen LogP contribution in [0, 0.1) is 0 Å². The summed E-state index contributed by atoms with van der Waals surface area (Å²) in [6, 6.07) is 4.23. The first-order chi connectivity index (χ1) is 6.39. The fourth-order valence-corrected chi connectivity index (χ4v) is 2.09. The lowest BCUT2D eigenvalue weighted by Gasteiger charge is -2.15. The van der Waals surface area contributed by atoms with E-state index in [1.54, 1.807) is 11.3 Å². The second-order valence-electron chi connectivity index (χ2n) is 4.43. The van der Waals surface area contributed by atoms with Crippen molar-refractivity contribution in [1.82, 2.24) is 5.32 Å². The molecule has 1 aromatic heterocycles. The van der Waals surface area contributed by atoms with Crippen LogP contribution in [0.1, 0.15) is 37.4 Å². The molecule has 0 radical (unpaired) electrons. The Bertz CT molecular complexity index is 322. The average molecular weight is 211 g/mol. The summed E-state index contributed by atoms with van der Waals surface area (Å²) in [5.41, 5.74) is 0.207. The number of hydrogen-bond acceptors (Lipinski definition) is 2. The minimum Gasteiger partial charge on any atom is -0.351 e. The maximum atomic E-state index is 10.7. The number of rotatable bonds is 2. The first-order valence-corrected chi connectivity index (χ1v) is 5.55. The van der Waals surface area contributed by atoms with E-state index in [4.69, 9.17) is 0 Å². The Morgan fingerprint density at radius 3 is 2.50 bits per heavy atom. The Kier molecular flexibility index (Phi) is 3.32. The molecule has 0 saturated carbocycles. The lowest BCUT2D eigenvalue weighted by atomic mass is 9.95. The monoisotopic (exact) mass is 211 g/mol. The van der Waals surface area contributed by atoms with E-state index in [0.717, 1.165) is 0 Å². The van der Waals surface area contributed by atoms with Gasteiger partial charge in [-0.3, -0.25) is 4.79 Å². The quantitative estimate of drug-likeness (QED) is 0.800. The molecule has 0 saturated heterocycles. The molecule has 0 aliphatic carbocycles. The minimum absolute atomic E-state index is 0.0238. The van der Waals surface area contributed by atoms with E-state index < -0.39 is 0 Å². The molecule has 78 valence electrons. The number of thiophene rings is 1. The van der Waals surface area contributed by atoms with Gasteiger partial charge in [-0.05, 0) is 17.5 Å². The first-order valence-electron chi connectivity index (χ1n) is 4.73. The number of carbonyl (C=O) groups is 1. The third-order valence-corrected chi connectivity index (χ3v) is 3.42. The maximum absolute atomic E-state index is 10.7. The number of carbonyl (C=O) groups excluding carboxylic acids is 1. The zero-order valence-corrected chi connectivity index (χ0v) is 9.99. The van der Waals surface area contributed by atoms with Crippen molar-refractivity contribution in [3.63, 3.8) is 0 Å². The van der Waals surface area contributed by atoms with Crippen LogP contribution in [0.15, 0.2) is 12.1 Å². The average Bonchev–Trinajstić information content (AvgIpc) is 2.47. The highest BCUT2D eigenvalue weighted by molar-refractivity contribution is 7.12. The molecule has 2 nitrogen and oxygen atoms in total. The predicted octanol–water partition coefficient (Wildman–Crippen LogP) is 2.68. The van der Waals surface area contributed by atoms with Crippen LogP contribution in [0.2, 0.25) is 0 Å². The van der Waals surface area contributed by atoms with Crippen LogP contribution in [0.5, 0.6) is 0 Å². The van der Waals surface area contributed by atoms with Gasteiger partial charge < -0.3 is 5.32 Å². The molecular formula is C11H17NOS. The molecule has 3 heteroatoms. The summed E-state index contributed by atoms with van der Waals surface area (Å²) in [6.45, 7) is 8.78. The molecule has 0 bridgehead atoms. The van der Waals surface area contributed by atoms with Crippen molar-refractivity contribution in [3.8, 4) is 0 Å². The van der Waals surface area contributed by atoms with Crippen molar-refractivity contribution in [2.75, 3.05) is 0 Å². The van der Waals surface area contributed by atoms with Crippen molar-refractivity contribution in [2.24, 2.45) is 0 Å². The standard InChI is InChI=1S/C11H17NOS/c1-8(13)12-7-9-5-6-10(14-9)11(2,3)4/h5-6H,7H2,1-4H3,(H,12,13). The highest BCUT2D eigenvalue weighted by Crippen LogP contribution is 2.29. The van der Waals surface area contributed by atoms with E-state index in [2.05, 4.69) is 38.2 Å². The summed E-state index contributed by atoms with van der Waals surface area (Å²) in [6.07, 6.45) is 0. The van der Waals surface area contributed by atoms with Crippen molar-refractivity contribution < 1.29 is 4.79 Å². The van der Waals surface area contributed by atoms with Crippen LogP contribution < -0.4 is 5.32 Å². The van der Waals surface area contributed by atoms with E-state index in [-0.39, 0.29) is 11.3 Å². The molecule has 1 amide bonds. The molecule has 0 aliphatic heterocycles. The highest BCUT2D eigenvalue weighted by Gasteiger charge is 2.15. The van der Waals surface area contributed by atoms with Gasteiger partial charge in [-0.1, -0.05) is 20.8 Å². The molecule has 1 N–H and O–H groups in total. The Balaban J connectivity index is 2.64. The molecular weight excluding hydrogens is 194 g/mol. The molecule has 0 spiro atoms. The summed E-state index contributed by atoms with van der Waals surface area (Å²) >= 11 is 1.77. The van der Waals surface area contributed by atoms with Gasteiger partial charge in [0, 0.05) is 16.7 Å². The topological polar surface area (TPSA) is 29.1 Å². The van der Waals surface area contributed by atoms with Crippen molar-refractivity contribution in [2.45, 2.75) is 39.7 Å². The van der Waals surface area contributed by atoms with E-state index >= 15 is 0 Å². The van der Waals surface area contributed by atoms with Crippen molar-refractivity contribution in [1.29, 1.82) is 0 Å². The van der Waals surface area contributed by atoms with E-state index in [1.165, 1.54) is 16.7 Å². The Morgan fingerprint density at radius 1 is 1.43 bits per heavy atom. The Morgan fingerprint density at radius 2 is 2.07 bits per heavy atom. The zero-order chi connectivity index (χ0) is 10.8. The van der Waals surface area contributed by atoms with Gasteiger partial charge in [0.2, 0.25) is 5.91 Å². The molecule has 1 rings (SSSR count). The summed E-state index contributed by atoms with van der Waals surface area (Å²) in [5.74, 6) is 0.0238. The van der Waals surface area contributed by atoms with Gasteiger partial charge in [-0.25, -0.2) is 0 Å². The van der Waals surface area contributed by atoms with E-state index in [1.807, 2.05) is 0 Å². The van der Waals surface area contributed by atoms with Crippen LogP contribution in [-0.4, -0.2) is 5.91 Å². The number of nitrogens with one attached hydrogen (secondary N) is 1. The molecule has 1 aromatic rings. The molecule has 0 aromatic carbocycles. The maximum Gasteiger partial charge on any atom is 0.217 e. The fraction of sp³-hybridized carbons (Fsp3) is 0.545. The predicted molar refractivity (Wildman–Crippen MR) is 60.5 cm³/mol. The van der Waals surface area contributed by atoms with Crippen LogP contribution in [-0.2, 0) is 16.8 Å². The zero-order valence-electron chi connectivity index (χ0n) is 9.18. The smallest absolute Gasteiger partial charge is 0.217 e. The summed E-state index contributed by atoms with van der Waals surface area (Å²) < 4.78 is 0. The molecule has 0 unspecified atom stereocenters. The third-order valence-electron chi connectivity index (χ3n) is 1.91. The molecule has 0 aliphatic rings. The van der Waals surface area contributed by atoms with Crippen LogP contribution in [0.4, 0.5) is 0 Å². The summed E-state index contributed by atoms with van der Waals surface area (Å²) in [7, 11) is 0. The van der Waals surface area contributed by atoms with Gasteiger partial charge in [0.05, 0.1) is 6.54 Å². The largest absolute Gasteiger partial charge is 0.351 e. The Labute approximate surface area is 89.3 Å². The van der Waals surface area contributed by atoms with Gasteiger partial charge in [-0.2, -0.15) is 0 Å². The lowest BCUT2D eigenvalue weighted by Crippen LogP contribution is -2.18. The van der Waals surface area contributed by atoms with Crippen molar-refractivity contribution >= 4 is 17.2 Å². The van der Waals surface area contributed by atoms with Gasteiger partial charge >= 0.3 is 0 Å². The SMILES string of the molecule is CC(=O)NCc1ccc(C(C)(C)C)s1. The van der Waals surface area contributed by atoms with Gasteiger partial charge in [-0.15, -0.1) is 11.3 Å². The first kappa shape index (κ1) is 11.2. The fourth-order valence-electron chi connectivity index (χ4n) is 1.09. The summed E-state index contributed by atoms with van der Waals surface area (Å²) in [5, 5.41) is 2.80. The van der Waals surface area contributed by atoms with Crippen LogP contribution >= 0.6 is 11.3 Å². The normalized spacial score (nSPS) is 11.4. The molecule has 0 atom stereocenters. The second-order valence-corrected chi connectivity index (χ2v) is 5.59. The van der Waals surface area contributed by atoms with Crippen LogP contribution in [0.25, 0.3) is 0 Å². The lowest BCUT2D eigenvalue weighted by molar-refractivity contribution is -0.119. The number of amides is 1. The highest BCUT2D eigenvalue weighted by atomic mass is 32.1. The Hall–Kier alpha value is -0.830. The third kappa shape index (κ3) is 3.14. The second kappa shape index (κ2) is 4.13. The van der Waals surface area contributed by atoms with Crippen molar-refractivity contribution in [3.05, 3.63) is 21.9 Å². The van der Waals surface area contributed by atoms with E-state index in [0.29, 0.717) is 6.54 Å². The van der Waals surface area contributed by atoms with Gasteiger partial charge in [0.1, 0.15) is 0 Å². The molecule has 0 fully saturated rings. The minimum atomic E-state index is 0.0238. The molecule has 14 heavy (non-hydrogen) atoms. The van der Waals surface area contributed by atoms with E-state index in [9.17, 15) is 4.79 Å². The summed E-state index contributed by atoms with van der Waals surface area (Å²) in [4.78, 5) is 13.3. The molecule has 1 heterocycles. The van der Waals surface area contributed by atoms with Gasteiger partial charge in [0.25, 0.3) is 0 Å². The number of hydrogen-bond donors (Lipinski definition) is 1. The van der Waals surface area contributed by atoms with Crippen LogP contribution in [0.3, 0.4) is 0 Å². The van der Waals surface area contributed by atoms with Gasteiger partial charge in [0.15, 0.2) is 0 Å².